The van der Waals surface area contributed by atoms with Crippen LogP contribution in [-0.2, 0) is 20.7 Å². The molecule has 95 valence electrons. The number of hydrogen-bond donors (Lipinski definition) is 1. The summed E-state index contributed by atoms with van der Waals surface area (Å²) in [4.78, 5) is 10.2. The fraction of sp³-hybridized carbons (Fsp3) is 0.417. The summed E-state index contributed by atoms with van der Waals surface area (Å²) in [7, 11) is 0.628. The van der Waals surface area contributed by atoms with Crippen LogP contribution in [0.15, 0.2) is 30.3 Å². The van der Waals surface area contributed by atoms with Gasteiger partial charge in [-0.05, 0) is 24.8 Å². The zero-order valence-electron chi connectivity index (χ0n) is 9.48. The number of aryl methyl sites for hydroxylation is 1. The fourth-order valence-corrected chi connectivity index (χ4v) is 1.43. The quantitative estimate of drug-likeness (QED) is 0.460. The van der Waals surface area contributed by atoms with Crippen LogP contribution < -0.4 is 0 Å². The molecule has 0 aliphatic heterocycles. The van der Waals surface area contributed by atoms with Crippen LogP contribution >= 0.6 is 40.0 Å². The van der Waals surface area contributed by atoms with Gasteiger partial charge in [0.15, 0.2) is 0 Å². The van der Waals surface area contributed by atoms with Crippen molar-refractivity contribution in [2.75, 3.05) is 0 Å². The minimum absolute atomic E-state index is 0.300. The Morgan fingerprint density at radius 1 is 1.12 bits per heavy atom. The van der Waals surface area contributed by atoms with Crippen LogP contribution in [0.1, 0.15) is 31.2 Å². The first kappa shape index (κ1) is 17.7. The Labute approximate surface area is 132 Å². The first-order valence-electron chi connectivity index (χ1n) is 5.38. The standard InChI is InChI=1S/C12H16O2.2HI.V/c13-12(14)10-6-2-5-9-11-7-3-1-4-8-11;;;/h1,3-4,7-8H,2,5-6,9-10H2,(H,13,14);2*1H;/q;;;+2/p-2. The van der Waals surface area contributed by atoms with E-state index >= 15 is 0 Å². The molecule has 1 aromatic rings. The minimum atomic E-state index is -0.690. The molecule has 0 fully saturated rings. The number of halogens is 2. The van der Waals surface area contributed by atoms with Crippen molar-refractivity contribution in [3.8, 4) is 0 Å². The van der Waals surface area contributed by atoms with Gasteiger partial charge in [0.1, 0.15) is 0 Å². The Kier molecular flexibility index (Phi) is 13.7. The Morgan fingerprint density at radius 2 is 1.71 bits per heavy atom. The third kappa shape index (κ3) is 13.0. The molecule has 2 nitrogen and oxygen atoms in total. The summed E-state index contributed by atoms with van der Waals surface area (Å²) in [6.07, 6.45) is 4.23. The van der Waals surface area contributed by atoms with Gasteiger partial charge in [-0.2, -0.15) is 0 Å². The van der Waals surface area contributed by atoms with Gasteiger partial charge in [-0.15, -0.1) is 0 Å². The summed E-state index contributed by atoms with van der Waals surface area (Å²) in [6, 6.07) is 10.3. The van der Waals surface area contributed by atoms with Gasteiger partial charge < -0.3 is 5.11 Å². The molecule has 0 radical (unpaired) electrons. The van der Waals surface area contributed by atoms with Gasteiger partial charge in [0, 0.05) is 6.42 Å². The van der Waals surface area contributed by atoms with E-state index in [-0.39, 0.29) is 0 Å². The summed E-state index contributed by atoms with van der Waals surface area (Å²) < 4.78 is 0. The second-order valence-corrected chi connectivity index (χ2v) is 15.3. The second kappa shape index (κ2) is 13.2. The number of rotatable bonds is 6. The maximum absolute atomic E-state index is 10.2. The molecule has 1 rings (SSSR count). The third-order valence-electron chi connectivity index (χ3n) is 2.20. The molecular formula is C12H16I2O2V. The van der Waals surface area contributed by atoms with Gasteiger partial charge in [0.25, 0.3) is 0 Å². The molecule has 0 heterocycles. The molecule has 0 spiro atoms. The van der Waals surface area contributed by atoms with E-state index in [1.807, 2.05) is 18.2 Å². The molecule has 17 heavy (non-hydrogen) atoms. The summed E-state index contributed by atoms with van der Waals surface area (Å²) >= 11 is 4.74. The van der Waals surface area contributed by atoms with E-state index in [0.29, 0.717) is 15.9 Å². The summed E-state index contributed by atoms with van der Waals surface area (Å²) in [5.41, 5.74) is 1.34. The van der Waals surface area contributed by atoms with Crippen LogP contribution in [0.3, 0.4) is 0 Å². The molecular weight excluding hydrogens is 481 g/mol. The second-order valence-electron chi connectivity index (χ2n) is 3.50. The number of hydrogen-bond acceptors (Lipinski definition) is 1. The van der Waals surface area contributed by atoms with Gasteiger partial charge in [0.05, 0.1) is 0 Å². The van der Waals surface area contributed by atoms with Crippen LogP contribution in [0.25, 0.3) is 0 Å². The van der Waals surface area contributed by atoms with Gasteiger partial charge in [-0.3, -0.25) is 4.79 Å². The Balaban J connectivity index is 0.000000770. The van der Waals surface area contributed by atoms with Crippen molar-refractivity contribution in [1.82, 2.24) is 0 Å². The van der Waals surface area contributed by atoms with Crippen LogP contribution in [0, 0.1) is 0 Å². The molecule has 0 aliphatic carbocycles. The SMILES string of the molecule is O=C(O)CCCCCc1ccccc1.[I][V][I]. The van der Waals surface area contributed by atoms with E-state index in [0.717, 1.165) is 25.7 Å². The van der Waals surface area contributed by atoms with Crippen LogP contribution in [0.2, 0.25) is 0 Å². The maximum atomic E-state index is 10.2. The average molecular weight is 497 g/mol. The topological polar surface area (TPSA) is 37.3 Å². The van der Waals surface area contributed by atoms with Crippen molar-refractivity contribution in [3.05, 3.63) is 35.9 Å². The first-order chi connectivity index (χ1) is 8.20. The van der Waals surface area contributed by atoms with Gasteiger partial charge in [-0.25, -0.2) is 0 Å². The summed E-state index contributed by atoms with van der Waals surface area (Å²) in [6.45, 7) is 0. The van der Waals surface area contributed by atoms with Crippen molar-refractivity contribution in [1.29, 1.82) is 0 Å². The normalized spacial score (nSPS) is 9.06. The van der Waals surface area contributed by atoms with E-state index in [1.54, 1.807) is 0 Å². The summed E-state index contributed by atoms with van der Waals surface area (Å²) in [5.74, 6) is -0.690. The molecule has 5 heteroatoms. The average Bonchev–Trinajstić information content (AvgIpc) is 2.30. The monoisotopic (exact) mass is 497 g/mol. The van der Waals surface area contributed by atoms with Crippen LogP contribution in [0.5, 0.6) is 0 Å². The third-order valence-corrected chi connectivity index (χ3v) is 2.20. The fourth-order valence-electron chi connectivity index (χ4n) is 1.43. The van der Waals surface area contributed by atoms with Crippen molar-refractivity contribution in [2.45, 2.75) is 32.1 Å². The summed E-state index contributed by atoms with van der Waals surface area (Å²) in [5, 5.41) is 8.43. The molecule has 0 aromatic heterocycles. The molecule has 0 bridgehead atoms. The van der Waals surface area contributed by atoms with E-state index in [9.17, 15) is 4.79 Å². The molecule has 1 aromatic carbocycles. The predicted molar refractivity (Wildman–Crippen MR) is 84.3 cm³/mol. The molecule has 0 saturated carbocycles. The van der Waals surface area contributed by atoms with Crippen molar-refractivity contribution >= 4 is 45.9 Å². The van der Waals surface area contributed by atoms with E-state index in [2.05, 4.69) is 52.1 Å². The van der Waals surface area contributed by atoms with Gasteiger partial charge in [-0.1, -0.05) is 36.8 Å². The van der Waals surface area contributed by atoms with E-state index in [1.165, 1.54) is 5.56 Å². The van der Waals surface area contributed by atoms with Gasteiger partial charge in [0.2, 0.25) is 0 Å². The number of carbonyl (C=O) groups is 1. The Bertz CT molecular complexity index is 294. The van der Waals surface area contributed by atoms with Crippen molar-refractivity contribution in [3.63, 3.8) is 0 Å². The van der Waals surface area contributed by atoms with Gasteiger partial charge >= 0.3 is 55.4 Å². The number of unbranched alkanes of at least 4 members (excludes halogenated alkanes) is 2. The predicted octanol–water partition coefficient (Wildman–Crippen LogP) is 4.64. The molecule has 1 N–H and O–H groups in total. The Morgan fingerprint density at radius 3 is 2.24 bits per heavy atom. The first-order valence-corrected chi connectivity index (χ1v) is 14.4. The molecule has 0 unspecified atom stereocenters. The zero-order chi connectivity index (χ0) is 12.9. The molecule has 0 saturated heterocycles. The molecule has 0 amide bonds. The zero-order valence-corrected chi connectivity index (χ0v) is 15.2. The van der Waals surface area contributed by atoms with Crippen molar-refractivity contribution < 1.29 is 19.4 Å². The molecule has 0 aliphatic rings. The van der Waals surface area contributed by atoms with Crippen LogP contribution in [0.4, 0.5) is 0 Å². The number of benzene rings is 1. The van der Waals surface area contributed by atoms with E-state index in [4.69, 9.17) is 5.11 Å². The van der Waals surface area contributed by atoms with Crippen LogP contribution in [-0.4, -0.2) is 11.1 Å². The Hall–Kier alpha value is 0.734. The number of aliphatic carboxylic acids is 1. The number of carboxylic acid groups (broad SMARTS) is 1. The number of carboxylic acids is 1. The van der Waals surface area contributed by atoms with Crippen molar-refractivity contribution in [2.24, 2.45) is 0 Å². The molecule has 0 atom stereocenters. The van der Waals surface area contributed by atoms with E-state index < -0.39 is 5.97 Å².